The molecule has 1 N–H and O–H groups in total. The molecule has 0 radical (unpaired) electrons. The van der Waals surface area contributed by atoms with Crippen molar-refractivity contribution in [2.24, 2.45) is 0 Å². The number of ether oxygens (including phenoxy) is 1. The smallest absolute Gasteiger partial charge is 0.306 e. The zero-order chi connectivity index (χ0) is 24.4. The Hall–Kier alpha value is -3.65. The fraction of sp³-hybridized carbons (Fsp3) is 0.231. The van der Waals surface area contributed by atoms with Crippen molar-refractivity contribution in [3.63, 3.8) is 0 Å². The van der Waals surface area contributed by atoms with Gasteiger partial charge in [0.05, 0.1) is 23.6 Å². The number of benzene rings is 3. The van der Waals surface area contributed by atoms with Gasteiger partial charge in [0.15, 0.2) is 0 Å². The largest absolute Gasteiger partial charge is 0.466 e. The summed E-state index contributed by atoms with van der Waals surface area (Å²) < 4.78 is 32.0. The van der Waals surface area contributed by atoms with Gasteiger partial charge in [0, 0.05) is 19.2 Å². The van der Waals surface area contributed by atoms with Gasteiger partial charge in [-0.25, -0.2) is 8.42 Å². The van der Waals surface area contributed by atoms with Gasteiger partial charge in [0.25, 0.3) is 10.0 Å². The normalized spacial score (nSPS) is 11.0. The second kappa shape index (κ2) is 12.0. The molecule has 3 aromatic rings. The number of anilines is 2. The highest BCUT2D eigenvalue weighted by molar-refractivity contribution is 7.92. The van der Waals surface area contributed by atoms with E-state index in [0.29, 0.717) is 18.0 Å². The molecule has 0 bridgehead atoms. The van der Waals surface area contributed by atoms with Crippen LogP contribution in [0, 0.1) is 0 Å². The summed E-state index contributed by atoms with van der Waals surface area (Å²) in [5.41, 5.74) is 2.18. The number of amides is 1. The molecule has 0 aliphatic heterocycles. The topological polar surface area (TPSA) is 92.8 Å². The third kappa shape index (κ3) is 7.18. The van der Waals surface area contributed by atoms with E-state index in [1.54, 1.807) is 24.3 Å². The highest BCUT2D eigenvalue weighted by Crippen LogP contribution is 2.23. The van der Waals surface area contributed by atoms with Crippen molar-refractivity contribution in [1.82, 2.24) is 0 Å². The number of carbonyl (C=O) groups excluding carboxylic acids is 2. The second-order valence-corrected chi connectivity index (χ2v) is 9.66. The van der Waals surface area contributed by atoms with Crippen molar-refractivity contribution in [3.05, 3.63) is 90.5 Å². The van der Waals surface area contributed by atoms with E-state index < -0.39 is 16.0 Å². The Kier molecular flexibility index (Phi) is 8.81. The molecular weight excluding hydrogens is 452 g/mol. The monoisotopic (exact) mass is 480 g/mol. The molecule has 0 aromatic heterocycles. The van der Waals surface area contributed by atoms with Crippen LogP contribution in [0.2, 0.25) is 0 Å². The van der Waals surface area contributed by atoms with Gasteiger partial charge >= 0.3 is 5.97 Å². The molecule has 8 heteroatoms. The summed E-state index contributed by atoms with van der Waals surface area (Å²) in [6.45, 7) is 0.308. The van der Waals surface area contributed by atoms with E-state index >= 15 is 0 Å². The summed E-state index contributed by atoms with van der Waals surface area (Å²) in [4.78, 5) is 24.1. The van der Waals surface area contributed by atoms with E-state index in [0.717, 1.165) is 12.8 Å². The van der Waals surface area contributed by atoms with Crippen molar-refractivity contribution in [3.8, 4) is 0 Å². The lowest BCUT2D eigenvalue weighted by Crippen LogP contribution is -2.26. The van der Waals surface area contributed by atoms with Gasteiger partial charge in [-0.1, -0.05) is 48.5 Å². The first-order valence-electron chi connectivity index (χ1n) is 11.0. The van der Waals surface area contributed by atoms with Crippen molar-refractivity contribution >= 4 is 33.3 Å². The fourth-order valence-electron chi connectivity index (χ4n) is 3.26. The van der Waals surface area contributed by atoms with Crippen LogP contribution in [0.1, 0.15) is 24.8 Å². The highest BCUT2D eigenvalue weighted by Gasteiger charge is 2.21. The van der Waals surface area contributed by atoms with Crippen LogP contribution in [0.25, 0.3) is 0 Å². The Bertz CT molecular complexity index is 1180. The minimum absolute atomic E-state index is 0.0195. The molecule has 178 valence electrons. The van der Waals surface area contributed by atoms with E-state index in [4.69, 9.17) is 4.74 Å². The fourth-order valence-corrected chi connectivity index (χ4v) is 4.46. The Morgan fingerprint density at radius 1 is 0.853 bits per heavy atom. The number of hydrogen-bond donors (Lipinski definition) is 1. The maximum atomic E-state index is 12.8. The molecule has 34 heavy (non-hydrogen) atoms. The van der Waals surface area contributed by atoms with Crippen molar-refractivity contribution in [2.75, 3.05) is 23.3 Å². The van der Waals surface area contributed by atoms with Gasteiger partial charge in [-0.3, -0.25) is 13.9 Å². The average molecular weight is 481 g/mol. The molecule has 0 aliphatic carbocycles. The number of carbonyl (C=O) groups is 2. The maximum Gasteiger partial charge on any atom is 0.306 e. The average Bonchev–Trinajstić information content (AvgIpc) is 2.86. The lowest BCUT2D eigenvalue weighted by Gasteiger charge is -2.19. The zero-order valence-corrected chi connectivity index (χ0v) is 19.8. The Labute approximate surface area is 200 Å². The molecule has 1 amide bonds. The lowest BCUT2D eigenvalue weighted by molar-refractivity contribution is -0.144. The number of nitrogens with one attached hydrogen (secondary N) is 1. The van der Waals surface area contributed by atoms with Crippen molar-refractivity contribution in [1.29, 1.82) is 0 Å². The number of para-hydroxylation sites is 1. The number of aryl methyl sites for hydroxylation is 1. The predicted molar refractivity (Wildman–Crippen MR) is 132 cm³/mol. The van der Waals surface area contributed by atoms with E-state index in [1.165, 1.54) is 41.2 Å². The quantitative estimate of drug-likeness (QED) is 0.324. The molecule has 0 atom stereocenters. The molecule has 3 rings (SSSR count). The second-order valence-electron chi connectivity index (χ2n) is 7.69. The number of rotatable bonds is 11. The van der Waals surface area contributed by atoms with Crippen LogP contribution in [0.4, 0.5) is 11.4 Å². The van der Waals surface area contributed by atoms with Crippen molar-refractivity contribution < 1.29 is 22.7 Å². The molecule has 0 fully saturated rings. The van der Waals surface area contributed by atoms with Gasteiger partial charge in [-0.15, -0.1) is 0 Å². The number of esters is 1. The van der Waals surface area contributed by atoms with Gasteiger partial charge in [-0.2, -0.15) is 0 Å². The van der Waals surface area contributed by atoms with Crippen LogP contribution in [0.15, 0.2) is 89.8 Å². The lowest BCUT2D eigenvalue weighted by atomic mass is 10.1. The Balaban J connectivity index is 1.42. The SMILES string of the molecule is CN(c1ccccc1)S(=O)(=O)c1ccc(NC(=O)CCC(=O)OCCCc2ccccc2)cc1. The number of hydrogen-bond acceptors (Lipinski definition) is 5. The summed E-state index contributed by atoms with van der Waals surface area (Å²) in [7, 11) is -2.24. The molecule has 3 aromatic carbocycles. The molecule has 0 saturated heterocycles. The molecular formula is C26H28N2O5S. The molecule has 0 heterocycles. The van der Waals surface area contributed by atoms with Crippen LogP contribution in [0.3, 0.4) is 0 Å². The molecule has 0 spiro atoms. The highest BCUT2D eigenvalue weighted by atomic mass is 32.2. The van der Waals surface area contributed by atoms with Gasteiger partial charge in [-0.05, 0) is 54.8 Å². The molecule has 0 unspecified atom stereocenters. The van der Waals surface area contributed by atoms with Crippen LogP contribution >= 0.6 is 0 Å². The minimum Gasteiger partial charge on any atom is -0.466 e. The van der Waals surface area contributed by atoms with Gasteiger partial charge in [0.2, 0.25) is 5.91 Å². The summed E-state index contributed by atoms with van der Waals surface area (Å²) in [6, 6.07) is 24.6. The maximum absolute atomic E-state index is 12.8. The first kappa shape index (κ1) is 25.0. The van der Waals surface area contributed by atoms with Crippen LogP contribution in [-0.2, 0) is 30.8 Å². The first-order valence-corrected chi connectivity index (χ1v) is 12.4. The third-order valence-corrected chi connectivity index (χ3v) is 6.99. The summed E-state index contributed by atoms with van der Waals surface area (Å²) in [5.74, 6) is -0.771. The Morgan fingerprint density at radius 2 is 1.47 bits per heavy atom. The van der Waals surface area contributed by atoms with Crippen LogP contribution in [0.5, 0.6) is 0 Å². The summed E-state index contributed by atoms with van der Waals surface area (Å²) >= 11 is 0. The van der Waals surface area contributed by atoms with E-state index in [2.05, 4.69) is 5.32 Å². The predicted octanol–water partition coefficient (Wildman–Crippen LogP) is 4.41. The zero-order valence-electron chi connectivity index (χ0n) is 19.0. The van der Waals surface area contributed by atoms with E-state index in [-0.39, 0.29) is 23.6 Å². The standard InChI is InChI=1S/C26H28N2O5S/c1-28(23-12-6-3-7-13-23)34(31,32)24-16-14-22(15-17-24)27-25(29)18-19-26(30)33-20-8-11-21-9-4-2-5-10-21/h2-7,9-10,12-17H,8,11,18-20H2,1H3,(H,27,29). The van der Waals surface area contributed by atoms with Gasteiger partial charge in [0.1, 0.15) is 0 Å². The molecule has 0 aliphatic rings. The first-order chi connectivity index (χ1) is 16.4. The van der Waals surface area contributed by atoms with Crippen LogP contribution in [-0.4, -0.2) is 33.9 Å². The van der Waals surface area contributed by atoms with E-state index in [9.17, 15) is 18.0 Å². The minimum atomic E-state index is -3.73. The summed E-state index contributed by atoms with van der Waals surface area (Å²) in [6.07, 6.45) is 1.50. The molecule has 0 saturated carbocycles. The number of sulfonamides is 1. The third-order valence-electron chi connectivity index (χ3n) is 5.19. The van der Waals surface area contributed by atoms with E-state index in [1.807, 2.05) is 36.4 Å². The number of nitrogens with zero attached hydrogens (tertiary/aromatic N) is 1. The summed E-state index contributed by atoms with van der Waals surface area (Å²) in [5, 5.41) is 2.67. The van der Waals surface area contributed by atoms with Crippen LogP contribution < -0.4 is 9.62 Å². The molecule has 7 nitrogen and oxygen atoms in total. The van der Waals surface area contributed by atoms with Crippen molar-refractivity contribution in [2.45, 2.75) is 30.6 Å². The van der Waals surface area contributed by atoms with Gasteiger partial charge < -0.3 is 10.1 Å². The Morgan fingerprint density at radius 3 is 2.12 bits per heavy atom.